The monoisotopic (exact) mass is 339 g/mol. The molecule has 0 spiro atoms. The van der Waals surface area contributed by atoms with Gasteiger partial charge in [-0.15, -0.1) is 12.8 Å². The van der Waals surface area contributed by atoms with Crippen LogP contribution in [0.25, 0.3) is 11.3 Å². The van der Waals surface area contributed by atoms with Gasteiger partial charge in [0, 0.05) is 10.6 Å². The highest BCUT2D eigenvalue weighted by Gasteiger charge is 2.17. The zero-order valence-corrected chi connectivity index (χ0v) is 13.5. The Labute approximate surface area is 143 Å². The van der Waals surface area contributed by atoms with E-state index in [0.29, 0.717) is 27.2 Å². The number of thioether (sulfide) groups is 1. The Morgan fingerprint density at radius 1 is 1.26 bits per heavy atom. The topological polar surface area (TPSA) is 58.7 Å². The lowest BCUT2D eigenvalue weighted by Gasteiger charge is -2.12. The number of nitrogens with zero attached hydrogens (tertiary/aromatic N) is 3. The number of rotatable bonds is 4. The van der Waals surface area contributed by atoms with Crippen molar-refractivity contribution in [3.63, 3.8) is 0 Å². The number of aromatic nitrogens is 2. The van der Waals surface area contributed by atoms with Gasteiger partial charge in [-0.1, -0.05) is 47.3 Å². The average molecular weight is 340 g/mol. The van der Waals surface area contributed by atoms with E-state index >= 15 is 0 Å². The maximum atomic E-state index is 12.5. The van der Waals surface area contributed by atoms with Crippen molar-refractivity contribution in [3.05, 3.63) is 45.2 Å². The summed E-state index contributed by atoms with van der Waals surface area (Å²) in [4.78, 5) is 17.0. The molecule has 6 heteroatoms. The number of nitriles is 1. The summed E-state index contributed by atoms with van der Waals surface area (Å²) in [6.07, 6.45) is 10.6. The Morgan fingerprint density at radius 3 is 2.52 bits per heavy atom. The molecule has 0 aliphatic heterocycles. The van der Waals surface area contributed by atoms with Crippen LogP contribution in [0, 0.1) is 36.0 Å². The van der Waals surface area contributed by atoms with E-state index in [2.05, 4.69) is 16.8 Å². The number of halogens is 1. The van der Waals surface area contributed by atoms with Gasteiger partial charge in [0.25, 0.3) is 5.56 Å². The highest BCUT2D eigenvalue weighted by Crippen LogP contribution is 2.24. The van der Waals surface area contributed by atoms with Crippen LogP contribution in [-0.4, -0.2) is 15.3 Å². The minimum Gasteiger partial charge on any atom is -0.275 e. The molecule has 0 saturated carbocycles. The molecule has 0 aliphatic rings. The fourth-order valence-electron chi connectivity index (χ4n) is 1.90. The van der Waals surface area contributed by atoms with E-state index in [4.69, 9.17) is 24.4 Å². The minimum atomic E-state index is -0.482. The van der Waals surface area contributed by atoms with Crippen LogP contribution in [0.4, 0.5) is 0 Å². The Balaban J connectivity index is 2.72. The highest BCUT2D eigenvalue weighted by atomic mass is 35.5. The van der Waals surface area contributed by atoms with Crippen LogP contribution in [0.5, 0.6) is 0 Å². The predicted molar refractivity (Wildman–Crippen MR) is 92.0 cm³/mol. The molecular weight excluding hydrogens is 330 g/mol. The minimum absolute atomic E-state index is 0.0221. The number of hydrogen-bond donors (Lipinski definition) is 0. The molecule has 0 N–H and O–H groups in total. The lowest BCUT2D eigenvalue weighted by Crippen LogP contribution is -2.26. The van der Waals surface area contributed by atoms with Crippen molar-refractivity contribution >= 4 is 23.4 Å². The standard InChI is InChI=1S/C17H10ClN3OS/c1-3-9-21-16(22)14(11-19)15(20-17(21)23-10-4-2)12-5-7-13(18)8-6-12/h1-2,5-8H,9-10H2. The van der Waals surface area contributed by atoms with Gasteiger partial charge in [-0.25, -0.2) is 4.98 Å². The van der Waals surface area contributed by atoms with Crippen molar-refractivity contribution in [2.45, 2.75) is 11.7 Å². The summed E-state index contributed by atoms with van der Waals surface area (Å²) in [6.45, 7) is 0.0221. The van der Waals surface area contributed by atoms with E-state index in [-0.39, 0.29) is 12.1 Å². The molecule has 0 atom stereocenters. The molecule has 0 saturated heterocycles. The lowest BCUT2D eigenvalue weighted by molar-refractivity contribution is 0.668. The molecule has 112 valence electrons. The fraction of sp³-hybridized carbons (Fsp3) is 0.118. The third kappa shape index (κ3) is 3.58. The summed E-state index contributed by atoms with van der Waals surface area (Å²) in [7, 11) is 0. The molecule has 0 radical (unpaired) electrons. The van der Waals surface area contributed by atoms with Gasteiger partial charge in [-0.2, -0.15) is 5.26 Å². The third-order valence-corrected chi connectivity index (χ3v) is 4.03. The smallest absolute Gasteiger partial charge is 0.273 e. The van der Waals surface area contributed by atoms with Crippen molar-refractivity contribution in [2.75, 3.05) is 5.75 Å². The first-order valence-electron chi connectivity index (χ1n) is 6.43. The molecule has 1 heterocycles. The van der Waals surface area contributed by atoms with E-state index < -0.39 is 5.56 Å². The van der Waals surface area contributed by atoms with Gasteiger partial charge >= 0.3 is 0 Å². The molecule has 2 aromatic rings. The van der Waals surface area contributed by atoms with Crippen molar-refractivity contribution in [2.24, 2.45) is 0 Å². The van der Waals surface area contributed by atoms with Crippen LogP contribution in [0.2, 0.25) is 5.02 Å². The van der Waals surface area contributed by atoms with Crippen molar-refractivity contribution in [1.82, 2.24) is 9.55 Å². The van der Waals surface area contributed by atoms with Gasteiger partial charge in [0.2, 0.25) is 0 Å². The first-order valence-corrected chi connectivity index (χ1v) is 7.79. The highest BCUT2D eigenvalue weighted by molar-refractivity contribution is 7.99. The molecule has 23 heavy (non-hydrogen) atoms. The van der Waals surface area contributed by atoms with Crippen LogP contribution in [0.3, 0.4) is 0 Å². The molecule has 0 unspecified atom stereocenters. The van der Waals surface area contributed by atoms with Gasteiger partial charge < -0.3 is 0 Å². The Bertz CT molecular complexity index is 912. The Morgan fingerprint density at radius 2 is 1.96 bits per heavy atom. The molecule has 4 nitrogen and oxygen atoms in total. The molecule has 0 fully saturated rings. The number of hydrogen-bond acceptors (Lipinski definition) is 4. The Kier molecular flexibility index (Phi) is 5.50. The van der Waals surface area contributed by atoms with Crippen molar-refractivity contribution in [3.8, 4) is 42.0 Å². The lowest BCUT2D eigenvalue weighted by atomic mass is 10.1. The summed E-state index contributed by atoms with van der Waals surface area (Å²) in [5, 5.41) is 10.3. The zero-order valence-electron chi connectivity index (χ0n) is 11.9. The van der Waals surface area contributed by atoms with Crippen LogP contribution in [0.1, 0.15) is 5.56 Å². The van der Waals surface area contributed by atoms with Crippen molar-refractivity contribution < 1.29 is 0 Å². The molecule has 0 bridgehead atoms. The van der Waals surface area contributed by atoms with Gasteiger partial charge in [0.1, 0.15) is 11.6 Å². The van der Waals surface area contributed by atoms with Crippen molar-refractivity contribution in [1.29, 1.82) is 5.26 Å². The maximum absolute atomic E-state index is 12.5. The Hall–Kier alpha value is -2.65. The van der Waals surface area contributed by atoms with E-state index in [1.54, 1.807) is 24.3 Å². The van der Waals surface area contributed by atoms with E-state index in [9.17, 15) is 10.1 Å². The first kappa shape index (κ1) is 16.7. The summed E-state index contributed by atoms with van der Waals surface area (Å²) < 4.78 is 1.28. The molecule has 2 rings (SSSR count). The molecular formula is C17H10ClN3OS. The summed E-state index contributed by atoms with van der Waals surface area (Å²) in [6, 6.07) is 8.65. The van der Waals surface area contributed by atoms with Crippen LogP contribution >= 0.6 is 23.4 Å². The SMILES string of the molecule is C#CCSc1nc(-c2ccc(Cl)cc2)c(C#N)c(=O)n1CC#C. The molecule has 0 amide bonds. The zero-order chi connectivity index (χ0) is 16.8. The van der Waals surface area contributed by atoms with E-state index in [1.165, 1.54) is 16.3 Å². The average Bonchev–Trinajstić information content (AvgIpc) is 2.56. The molecule has 0 aliphatic carbocycles. The van der Waals surface area contributed by atoms with Gasteiger partial charge in [-0.3, -0.25) is 9.36 Å². The normalized spacial score (nSPS) is 9.65. The second kappa shape index (κ2) is 7.56. The van der Waals surface area contributed by atoms with Gasteiger partial charge in [0.15, 0.2) is 5.16 Å². The molecule has 1 aromatic carbocycles. The van der Waals surface area contributed by atoms with Crippen LogP contribution in [-0.2, 0) is 6.54 Å². The second-order valence-corrected chi connectivity index (χ2v) is 5.70. The maximum Gasteiger partial charge on any atom is 0.273 e. The van der Waals surface area contributed by atoms with E-state index in [0.717, 1.165) is 0 Å². The molecule has 1 aromatic heterocycles. The summed E-state index contributed by atoms with van der Waals surface area (Å²) >= 11 is 7.09. The summed E-state index contributed by atoms with van der Waals surface area (Å²) in [5.74, 6) is 5.20. The van der Waals surface area contributed by atoms with Crippen LogP contribution < -0.4 is 5.56 Å². The number of benzene rings is 1. The third-order valence-electron chi connectivity index (χ3n) is 2.90. The summed E-state index contributed by atoms with van der Waals surface area (Å²) in [5.41, 5.74) is 0.373. The second-order valence-electron chi connectivity index (χ2n) is 4.32. The quantitative estimate of drug-likeness (QED) is 0.488. The fourth-order valence-corrected chi connectivity index (χ4v) is 2.70. The van der Waals surface area contributed by atoms with Gasteiger partial charge in [-0.05, 0) is 12.1 Å². The predicted octanol–water partition coefficient (Wildman–Crippen LogP) is 2.79. The first-order chi connectivity index (χ1) is 11.1. The van der Waals surface area contributed by atoms with Gasteiger partial charge in [0.05, 0.1) is 18.0 Å². The van der Waals surface area contributed by atoms with Crippen LogP contribution in [0.15, 0.2) is 34.2 Å². The van der Waals surface area contributed by atoms with E-state index in [1.807, 2.05) is 6.07 Å². The number of terminal acetylenes is 2. The largest absolute Gasteiger partial charge is 0.275 e.